The molecule has 0 fully saturated rings. The maximum Gasteiger partial charge on any atom is 0.257 e. The number of carbonyl (C=O) groups excluding carboxylic acids is 1. The number of fused-ring (bicyclic) bond motifs is 1. The Bertz CT molecular complexity index is 1130. The van der Waals surface area contributed by atoms with Crippen molar-refractivity contribution >= 4 is 23.5 Å². The quantitative estimate of drug-likeness (QED) is 0.342. The minimum absolute atomic E-state index is 0.155. The Labute approximate surface area is 178 Å². The van der Waals surface area contributed by atoms with Crippen LogP contribution in [-0.2, 0) is 10.5 Å². The van der Waals surface area contributed by atoms with E-state index in [0.29, 0.717) is 34.6 Å². The summed E-state index contributed by atoms with van der Waals surface area (Å²) in [6.07, 6.45) is 1.81. The van der Waals surface area contributed by atoms with E-state index in [1.54, 1.807) is 6.08 Å². The van der Waals surface area contributed by atoms with Crippen LogP contribution in [0.1, 0.15) is 29.0 Å². The smallest absolute Gasteiger partial charge is 0.257 e. The zero-order chi connectivity index (χ0) is 20.9. The van der Waals surface area contributed by atoms with Crippen LogP contribution >= 0.6 is 11.8 Å². The molecular weight excluding hydrogens is 398 g/mol. The number of amides is 1. The molecule has 2 aromatic carbocycles. The Morgan fingerprint density at radius 2 is 1.90 bits per heavy atom. The van der Waals surface area contributed by atoms with Gasteiger partial charge in [-0.25, -0.2) is 4.98 Å². The number of anilines is 1. The van der Waals surface area contributed by atoms with Gasteiger partial charge in [0.1, 0.15) is 18.2 Å². The van der Waals surface area contributed by atoms with E-state index in [4.69, 9.17) is 4.74 Å². The summed E-state index contributed by atoms with van der Waals surface area (Å²) in [5.74, 6) is 0.999. The van der Waals surface area contributed by atoms with E-state index in [-0.39, 0.29) is 17.9 Å². The van der Waals surface area contributed by atoms with Gasteiger partial charge in [-0.05, 0) is 11.6 Å². The van der Waals surface area contributed by atoms with Gasteiger partial charge in [-0.15, -0.1) is 0 Å². The second-order valence-electron chi connectivity index (χ2n) is 6.85. The Balaban J connectivity index is 1.67. The minimum atomic E-state index is -0.431. The van der Waals surface area contributed by atoms with Crippen LogP contribution in [0.15, 0.2) is 77.2 Å². The molecule has 1 aliphatic heterocycles. The average Bonchev–Trinajstić information content (AvgIpc) is 2.76. The third-order valence-electron chi connectivity index (χ3n) is 4.80. The maximum absolute atomic E-state index is 13.0. The van der Waals surface area contributed by atoms with Gasteiger partial charge in [0.2, 0.25) is 5.91 Å². The SMILES string of the molecule is C=CCOc1ccccc1C1CC(=O)Nc2nc(SCc3ccccc3)[nH]c(=O)c21. The van der Waals surface area contributed by atoms with Crippen molar-refractivity contribution in [3.05, 3.63) is 94.3 Å². The third-order valence-corrected chi connectivity index (χ3v) is 5.74. The molecule has 0 aliphatic carbocycles. The first-order chi connectivity index (χ1) is 14.7. The molecule has 4 rings (SSSR count). The fourth-order valence-electron chi connectivity index (χ4n) is 3.46. The molecule has 1 aliphatic rings. The molecule has 2 N–H and O–H groups in total. The van der Waals surface area contributed by atoms with E-state index in [9.17, 15) is 9.59 Å². The van der Waals surface area contributed by atoms with Gasteiger partial charge >= 0.3 is 0 Å². The van der Waals surface area contributed by atoms with Crippen molar-refractivity contribution in [3.63, 3.8) is 0 Å². The Kier molecular flexibility index (Phi) is 5.99. The summed E-state index contributed by atoms with van der Waals surface area (Å²) in [7, 11) is 0. The monoisotopic (exact) mass is 419 g/mol. The fraction of sp³-hybridized carbons (Fsp3) is 0.174. The molecule has 0 saturated carbocycles. The molecule has 152 valence electrons. The number of nitrogens with zero attached hydrogens (tertiary/aromatic N) is 1. The normalized spacial score (nSPS) is 15.2. The lowest BCUT2D eigenvalue weighted by Gasteiger charge is -2.26. The molecule has 1 aromatic heterocycles. The molecule has 1 atom stereocenters. The van der Waals surface area contributed by atoms with Crippen LogP contribution in [0, 0.1) is 0 Å². The minimum Gasteiger partial charge on any atom is -0.489 e. The number of benzene rings is 2. The molecule has 6 nitrogen and oxygen atoms in total. The molecule has 0 bridgehead atoms. The molecule has 1 unspecified atom stereocenters. The van der Waals surface area contributed by atoms with Crippen molar-refractivity contribution in [2.75, 3.05) is 11.9 Å². The predicted molar refractivity (Wildman–Crippen MR) is 118 cm³/mol. The number of ether oxygens (including phenoxy) is 1. The lowest BCUT2D eigenvalue weighted by molar-refractivity contribution is -0.116. The number of aromatic amines is 1. The molecule has 30 heavy (non-hydrogen) atoms. The first-order valence-corrected chi connectivity index (χ1v) is 10.6. The van der Waals surface area contributed by atoms with Crippen molar-refractivity contribution < 1.29 is 9.53 Å². The maximum atomic E-state index is 13.0. The number of para-hydroxylation sites is 1. The fourth-order valence-corrected chi connectivity index (χ4v) is 4.28. The predicted octanol–water partition coefficient (Wildman–Crippen LogP) is 4.10. The molecule has 0 saturated heterocycles. The standard InChI is InChI=1S/C23H21N3O3S/c1-2-12-29-18-11-7-6-10-16(18)17-13-19(27)24-21-20(17)22(28)26-23(25-21)30-14-15-8-4-3-5-9-15/h2-11,17H,1,12-14H2,(H2,24,25,26,27,28). The number of hydrogen-bond donors (Lipinski definition) is 2. The number of nitrogens with one attached hydrogen (secondary N) is 2. The van der Waals surface area contributed by atoms with E-state index >= 15 is 0 Å². The van der Waals surface area contributed by atoms with E-state index in [1.807, 2.05) is 54.6 Å². The molecule has 7 heteroatoms. The second kappa shape index (κ2) is 9.00. The first kappa shape index (κ1) is 20.0. The van der Waals surface area contributed by atoms with Gasteiger partial charge in [0.05, 0.1) is 5.56 Å². The highest BCUT2D eigenvalue weighted by Gasteiger charge is 2.32. The molecule has 0 spiro atoms. The average molecular weight is 420 g/mol. The number of rotatable bonds is 7. The van der Waals surface area contributed by atoms with Crippen LogP contribution in [0.3, 0.4) is 0 Å². The number of thioether (sulfide) groups is 1. The highest BCUT2D eigenvalue weighted by molar-refractivity contribution is 7.98. The van der Waals surface area contributed by atoms with Crippen LogP contribution in [0.4, 0.5) is 5.82 Å². The topological polar surface area (TPSA) is 84.1 Å². The van der Waals surface area contributed by atoms with Gasteiger partial charge in [-0.1, -0.05) is 72.9 Å². The van der Waals surface area contributed by atoms with Gasteiger partial charge in [0, 0.05) is 23.7 Å². The van der Waals surface area contributed by atoms with E-state index in [2.05, 4.69) is 21.9 Å². The molecule has 0 radical (unpaired) electrons. The second-order valence-corrected chi connectivity index (χ2v) is 7.81. The van der Waals surface area contributed by atoms with E-state index in [1.165, 1.54) is 11.8 Å². The summed E-state index contributed by atoms with van der Waals surface area (Å²) in [4.78, 5) is 32.8. The number of hydrogen-bond acceptors (Lipinski definition) is 5. The van der Waals surface area contributed by atoms with Crippen LogP contribution in [0.5, 0.6) is 5.75 Å². The van der Waals surface area contributed by atoms with Crippen molar-refractivity contribution in [2.24, 2.45) is 0 Å². The van der Waals surface area contributed by atoms with E-state index < -0.39 is 5.92 Å². The van der Waals surface area contributed by atoms with Gasteiger partial charge in [-0.3, -0.25) is 9.59 Å². The summed E-state index contributed by atoms with van der Waals surface area (Å²) >= 11 is 1.42. The van der Waals surface area contributed by atoms with Crippen LogP contribution in [0.2, 0.25) is 0 Å². The lowest BCUT2D eigenvalue weighted by Crippen LogP contribution is -2.31. The zero-order valence-electron chi connectivity index (χ0n) is 16.3. The third kappa shape index (κ3) is 4.31. The Morgan fingerprint density at radius 1 is 1.13 bits per heavy atom. The first-order valence-electron chi connectivity index (χ1n) is 9.59. The van der Waals surface area contributed by atoms with Crippen LogP contribution in [0.25, 0.3) is 0 Å². The van der Waals surface area contributed by atoms with Crippen LogP contribution < -0.4 is 15.6 Å². The molecule has 1 amide bonds. The molecule has 2 heterocycles. The van der Waals surface area contributed by atoms with Crippen molar-refractivity contribution in [1.29, 1.82) is 0 Å². The zero-order valence-corrected chi connectivity index (χ0v) is 17.1. The van der Waals surface area contributed by atoms with Gasteiger partial charge < -0.3 is 15.0 Å². The number of H-pyrrole nitrogens is 1. The van der Waals surface area contributed by atoms with Gasteiger partial charge in [-0.2, -0.15) is 0 Å². The van der Waals surface area contributed by atoms with Gasteiger partial charge in [0.15, 0.2) is 5.16 Å². The lowest BCUT2D eigenvalue weighted by atomic mass is 9.86. The summed E-state index contributed by atoms with van der Waals surface area (Å²) in [6, 6.07) is 17.4. The van der Waals surface area contributed by atoms with E-state index in [0.717, 1.165) is 11.1 Å². The Morgan fingerprint density at radius 3 is 2.70 bits per heavy atom. The van der Waals surface area contributed by atoms with Crippen molar-refractivity contribution in [1.82, 2.24) is 9.97 Å². The summed E-state index contributed by atoms with van der Waals surface area (Å²) in [5, 5.41) is 3.23. The van der Waals surface area contributed by atoms with Crippen LogP contribution in [-0.4, -0.2) is 22.5 Å². The van der Waals surface area contributed by atoms with Gasteiger partial charge in [0.25, 0.3) is 5.56 Å². The number of carbonyl (C=O) groups is 1. The number of aromatic nitrogens is 2. The highest BCUT2D eigenvalue weighted by Crippen LogP contribution is 2.38. The Hall–Kier alpha value is -3.32. The van der Waals surface area contributed by atoms with Crippen molar-refractivity contribution in [3.8, 4) is 5.75 Å². The molecular formula is C23H21N3O3S. The molecule has 3 aromatic rings. The summed E-state index contributed by atoms with van der Waals surface area (Å²) in [5.41, 5.74) is 2.11. The highest BCUT2D eigenvalue weighted by atomic mass is 32.2. The van der Waals surface area contributed by atoms with Crippen molar-refractivity contribution in [2.45, 2.75) is 23.2 Å². The summed E-state index contributed by atoms with van der Waals surface area (Å²) < 4.78 is 5.75. The summed E-state index contributed by atoms with van der Waals surface area (Å²) in [6.45, 7) is 4.01. The largest absolute Gasteiger partial charge is 0.489 e.